The zero-order valence-corrected chi connectivity index (χ0v) is 39.4. The smallest absolute Gasteiger partial charge is 0.166 e. The van der Waals surface area contributed by atoms with Gasteiger partial charge >= 0.3 is 24.7 Å². The Kier molecular flexibility index (Phi) is 14.0. The first-order valence-electron chi connectivity index (χ1n) is 22.3. The zero-order chi connectivity index (χ0) is 48.2. The monoisotopic (exact) mass is 936 g/mol. The van der Waals surface area contributed by atoms with Crippen LogP contribution in [0.5, 0.6) is 0 Å². The Morgan fingerprint density at radius 1 is 0.446 bits per heavy atom. The Labute approximate surface area is 376 Å². The van der Waals surface area contributed by atoms with E-state index in [1.165, 1.54) is 0 Å². The van der Waals surface area contributed by atoms with Crippen LogP contribution in [-0.4, -0.2) is 9.52 Å². The Morgan fingerprint density at radius 2 is 0.754 bits per heavy atom. The van der Waals surface area contributed by atoms with Crippen molar-refractivity contribution >= 4 is 21.7 Å². The molecule has 4 aromatic carbocycles. The summed E-state index contributed by atoms with van der Waals surface area (Å²) in [5.74, 6) is -0.255. The molecule has 0 fully saturated rings. The van der Waals surface area contributed by atoms with Crippen molar-refractivity contribution in [1.82, 2.24) is 0 Å². The van der Waals surface area contributed by atoms with Crippen LogP contribution in [0.4, 0.5) is 52.7 Å². The van der Waals surface area contributed by atoms with E-state index in [0.717, 1.165) is 84.3 Å². The summed E-state index contributed by atoms with van der Waals surface area (Å²) in [6.07, 6.45) is -11.4. The molecule has 0 aromatic heterocycles. The van der Waals surface area contributed by atoms with E-state index in [0.29, 0.717) is 46.2 Å². The topological polar surface area (TPSA) is 0 Å². The van der Waals surface area contributed by atoms with Crippen LogP contribution in [-0.2, 0) is 35.5 Å². The largest absolute Gasteiger partial charge is 0.416 e. The van der Waals surface area contributed by atoms with E-state index in [-0.39, 0.29) is 35.1 Å². The molecule has 0 heterocycles. The number of alkyl halides is 12. The van der Waals surface area contributed by atoms with Crippen LogP contribution in [0.3, 0.4) is 0 Å². The fraction of sp³-hybridized carbons (Fsp3) is 0.462. The van der Waals surface area contributed by atoms with Gasteiger partial charge in [0.15, 0.2) is 0 Å². The Morgan fingerprint density at radius 3 is 1.02 bits per heavy atom. The van der Waals surface area contributed by atoms with Gasteiger partial charge in [-0.2, -0.15) is 52.7 Å². The molecule has 4 aromatic rings. The van der Waals surface area contributed by atoms with Gasteiger partial charge in [0.2, 0.25) is 0 Å². The number of rotatable bonds is 12. The number of hydrogen-bond acceptors (Lipinski definition) is 0. The first-order chi connectivity index (χ1) is 29.9. The molecule has 0 saturated carbocycles. The summed E-state index contributed by atoms with van der Waals surface area (Å²) in [6.45, 7) is 15.3. The second-order valence-corrected chi connectivity index (χ2v) is 21.6. The summed E-state index contributed by atoms with van der Waals surface area (Å²) in [7, 11) is -1.04. The third-order valence-corrected chi connectivity index (χ3v) is 14.8. The highest BCUT2D eigenvalue weighted by Crippen LogP contribution is 2.53. The zero-order valence-electron chi connectivity index (χ0n) is 38.0. The van der Waals surface area contributed by atoms with Crippen LogP contribution in [0, 0.1) is 0 Å². The number of benzene rings is 4. The molecule has 0 spiro atoms. The third-order valence-electron chi connectivity index (χ3n) is 12.9. The first-order valence-corrected chi connectivity index (χ1v) is 24.3. The fourth-order valence-corrected chi connectivity index (χ4v) is 12.1. The van der Waals surface area contributed by atoms with Crippen molar-refractivity contribution in [1.29, 1.82) is 0 Å². The van der Waals surface area contributed by atoms with E-state index in [1.807, 2.05) is 91.8 Å². The van der Waals surface area contributed by atoms with E-state index in [1.54, 1.807) is 0 Å². The van der Waals surface area contributed by atoms with Crippen molar-refractivity contribution < 1.29 is 52.7 Å². The standard InChI is InChI=1S/C52H56F12Si/c1-9-11-13-29-23-39-37(15-17-43(47(3,4)5)45(39)31-19-33(49(53,54)55)25-34(20-31)50(56,57)58)41(29)27-65-28-42-30(14-12-10-2)24-40-38(42)16-18-44(48(6,7)8)46(40)32-21-35(51(59,60)61)26-36(22-32)52(62,63)64/h15-26,41-42H,9-14,27-28,65H2,1-8H3. The molecular formula is C52H56F12Si. The predicted molar refractivity (Wildman–Crippen MR) is 240 cm³/mol. The molecule has 2 atom stereocenters. The van der Waals surface area contributed by atoms with Gasteiger partial charge in [0.25, 0.3) is 0 Å². The van der Waals surface area contributed by atoms with Gasteiger partial charge in [-0.3, -0.25) is 0 Å². The van der Waals surface area contributed by atoms with Gasteiger partial charge in [-0.15, -0.1) is 0 Å². The summed E-state index contributed by atoms with van der Waals surface area (Å²) >= 11 is 0. The molecule has 0 radical (unpaired) electrons. The van der Waals surface area contributed by atoms with Gasteiger partial charge < -0.3 is 0 Å². The lowest BCUT2D eigenvalue weighted by Crippen LogP contribution is -2.16. The molecule has 2 unspecified atom stereocenters. The molecule has 65 heavy (non-hydrogen) atoms. The van der Waals surface area contributed by atoms with Gasteiger partial charge in [0, 0.05) is 21.4 Å². The molecule has 6 rings (SSSR count). The van der Waals surface area contributed by atoms with Gasteiger partial charge in [-0.25, -0.2) is 0 Å². The van der Waals surface area contributed by atoms with Gasteiger partial charge in [0.1, 0.15) is 0 Å². The highest BCUT2D eigenvalue weighted by atomic mass is 28.2. The number of unbranched alkanes of at least 4 members (excludes halogenated alkanes) is 2. The molecule has 2 aliphatic carbocycles. The Balaban J connectivity index is 1.45. The quantitative estimate of drug-likeness (QED) is 0.0981. The highest BCUT2D eigenvalue weighted by Gasteiger charge is 2.41. The van der Waals surface area contributed by atoms with Gasteiger partial charge in [-0.05, 0) is 129 Å². The average Bonchev–Trinajstić information content (AvgIpc) is 3.73. The van der Waals surface area contributed by atoms with E-state index in [4.69, 9.17) is 0 Å². The molecule has 13 heteroatoms. The normalized spacial score (nSPS) is 17.2. The van der Waals surface area contributed by atoms with Crippen LogP contribution in [0.15, 0.2) is 71.8 Å². The maximum absolute atomic E-state index is 14.2. The van der Waals surface area contributed by atoms with Crippen LogP contribution >= 0.6 is 0 Å². The Bertz CT molecular complexity index is 2230. The summed E-state index contributed by atoms with van der Waals surface area (Å²) in [6, 6.07) is 12.6. The van der Waals surface area contributed by atoms with Gasteiger partial charge in [0.05, 0.1) is 22.3 Å². The molecular weight excluding hydrogens is 881 g/mol. The molecule has 0 N–H and O–H groups in total. The lowest BCUT2D eigenvalue weighted by molar-refractivity contribution is -0.144. The minimum absolute atomic E-state index is 0.127. The second-order valence-electron chi connectivity index (χ2n) is 19.8. The minimum atomic E-state index is -5.02. The van der Waals surface area contributed by atoms with Crippen LogP contribution in [0.2, 0.25) is 12.1 Å². The van der Waals surface area contributed by atoms with Crippen molar-refractivity contribution in [2.45, 2.75) is 153 Å². The summed E-state index contributed by atoms with van der Waals surface area (Å²) < 4.78 is 171. The number of fused-ring (bicyclic) bond motifs is 2. The van der Waals surface area contributed by atoms with E-state index >= 15 is 0 Å². The van der Waals surface area contributed by atoms with E-state index in [2.05, 4.69) is 0 Å². The molecule has 0 amide bonds. The minimum Gasteiger partial charge on any atom is -0.166 e. The van der Waals surface area contributed by atoms with Crippen molar-refractivity contribution in [3.8, 4) is 22.3 Å². The van der Waals surface area contributed by atoms with Crippen molar-refractivity contribution in [2.24, 2.45) is 0 Å². The number of allylic oxidation sites excluding steroid dienone is 2. The maximum atomic E-state index is 14.2. The van der Waals surface area contributed by atoms with Crippen LogP contribution in [0.1, 0.15) is 161 Å². The molecule has 0 nitrogen and oxygen atoms in total. The van der Waals surface area contributed by atoms with Crippen LogP contribution < -0.4 is 0 Å². The fourth-order valence-electron chi connectivity index (χ4n) is 9.69. The van der Waals surface area contributed by atoms with Crippen molar-refractivity contribution in [2.75, 3.05) is 0 Å². The number of halogens is 12. The summed E-state index contributed by atoms with van der Waals surface area (Å²) in [4.78, 5) is 0. The molecule has 0 saturated heterocycles. The van der Waals surface area contributed by atoms with Crippen molar-refractivity contribution in [3.63, 3.8) is 0 Å². The SMILES string of the molecule is CCCCC1=Cc2c(ccc(C(C)(C)C)c2-c2cc(C(F)(F)F)cc(C(F)(F)F)c2)C1C[SiH2]CC1C(CCCC)=Cc2c1ccc(C(C)(C)C)c2-c1cc(C(F)(F)F)cc(C(F)(F)F)c1. The summed E-state index contributed by atoms with van der Waals surface area (Å²) in [5, 5.41) is 0. The molecule has 2 aliphatic rings. The van der Waals surface area contributed by atoms with Gasteiger partial charge in [-0.1, -0.05) is 128 Å². The van der Waals surface area contributed by atoms with Crippen molar-refractivity contribution in [3.05, 3.63) is 127 Å². The molecule has 0 bridgehead atoms. The van der Waals surface area contributed by atoms with Crippen LogP contribution in [0.25, 0.3) is 34.4 Å². The summed E-state index contributed by atoms with van der Waals surface area (Å²) in [5.41, 5.74) is -0.0786. The highest BCUT2D eigenvalue weighted by molar-refractivity contribution is 6.36. The van der Waals surface area contributed by atoms with E-state index < -0.39 is 67.3 Å². The maximum Gasteiger partial charge on any atom is 0.416 e. The average molecular weight is 937 g/mol. The second kappa shape index (κ2) is 18.1. The lowest BCUT2D eigenvalue weighted by atomic mass is 9.78. The molecule has 0 aliphatic heterocycles. The first kappa shape index (κ1) is 50.2. The van der Waals surface area contributed by atoms with E-state index in [9.17, 15) is 52.7 Å². The molecule has 352 valence electrons. The lowest BCUT2D eigenvalue weighted by Gasteiger charge is -2.27. The third kappa shape index (κ3) is 10.8. The predicted octanol–water partition coefficient (Wildman–Crippen LogP) is 17.7. The Hall–Kier alpha value is -4.26. The number of hydrogen-bond donors (Lipinski definition) is 0.